The third-order valence-electron chi connectivity index (χ3n) is 2.65. The number of hydrogen-bond acceptors (Lipinski definition) is 3. The SMILES string of the molecule is Nc1ccc(/C=N/c2nc3ccccc3[nH]2)cc1. The zero-order valence-electron chi connectivity index (χ0n) is 9.67. The maximum Gasteiger partial charge on any atom is 0.227 e. The minimum absolute atomic E-state index is 0.605. The molecule has 0 aliphatic rings. The van der Waals surface area contributed by atoms with E-state index < -0.39 is 0 Å². The quantitative estimate of drug-likeness (QED) is 0.530. The number of aliphatic imine (C=N–C) groups is 1. The van der Waals surface area contributed by atoms with Gasteiger partial charge in [-0.3, -0.25) is 0 Å². The summed E-state index contributed by atoms with van der Waals surface area (Å²) in [5, 5.41) is 0. The van der Waals surface area contributed by atoms with Crippen LogP contribution < -0.4 is 5.73 Å². The molecule has 0 aliphatic heterocycles. The van der Waals surface area contributed by atoms with Gasteiger partial charge in [-0.1, -0.05) is 24.3 Å². The Morgan fingerprint density at radius 2 is 1.83 bits per heavy atom. The number of nitrogens with one attached hydrogen (secondary N) is 1. The van der Waals surface area contributed by atoms with Crippen molar-refractivity contribution in [1.29, 1.82) is 0 Å². The topological polar surface area (TPSA) is 67.1 Å². The van der Waals surface area contributed by atoms with Crippen molar-refractivity contribution >= 4 is 28.9 Å². The predicted molar refractivity (Wildman–Crippen MR) is 74.2 cm³/mol. The molecule has 3 aromatic rings. The van der Waals surface area contributed by atoms with Crippen LogP contribution in [0.2, 0.25) is 0 Å². The first-order valence-electron chi connectivity index (χ1n) is 5.66. The molecule has 0 bridgehead atoms. The molecule has 0 atom stereocenters. The van der Waals surface area contributed by atoms with E-state index in [1.165, 1.54) is 0 Å². The normalized spacial score (nSPS) is 11.3. The molecule has 3 N–H and O–H groups in total. The molecule has 2 aromatic carbocycles. The van der Waals surface area contributed by atoms with Gasteiger partial charge in [-0.2, -0.15) is 0 Å². The number of benzene rings is 2. The second-order valence-electron chi connectivity index (χ2n) is 4.00. The van der Waals surface area contributed by atoms with E-state index in [0.717, 1.165) is 22.3 Å². The number of rotatable bonds is 2. The Balaban J connectivity index is 1.89. The van der Waals surface area contributed by atoms with Gasteiger partial charge in [-0.05, 0) is 29.8 Å². The number of nitrogens with zero attached hydrogens (tertiary/aromatic N) is 2. The summed E-state index contributed by atoms with van der Waals surface area (Å²) < 4.78 is 0. The van der Waals surface area contributed by atoms with Crippen LogP contribution in [0.15, 0.2) is 53.5 Å². The molecule has 4 nitrogen and oxygen atoms in total. The first kappa shape index (κ1) is 10.5. The molecule has 0 aliphatic carbocycles. The van der Waals surface area contributed by atoms with Gasteiger partial charge in [0.05, 0.1) is 11.0 Å². The second kappa shape index (κ2) is 4.33. The van der Waals surface area contributed by atoms with Crippen molar-refractivity contribution in [1.82, 2.24) is 9.97 Å². The molecule has 0 saturated carbocycles. The third kappa shape index (κ3) is 2.08. The van der Waals surface area contributed by atoms with Crippen molar-refractivity contribution in [3.8, 4) is 0 Å². The molecule has 1 aromatic heterocycles. The van der Waals surface area contributed by atoms with Gasteiger partial charge in [0.2, 0.25) is 5.95 Å². The van der Waals surface area contributed by atoms with E-state index in [9.17, 15) is 0 Å². The molecule has 4 heteroatoms. The maximum atomic E-state index is 5.62. The molecule has 0 saturated heterocycles. The van der Waals surface area contributed by atoms with Crippen LogP contribution >= 0.6 is 0 Å². The van der Waals surface area contributed by atoms with Gasteiger partial charge < -0.3 is 10.7 Å². The lowest BCUT2D eigenvalue weighted by atomic mass is 10.2. The van der Waals surface area contributed by atoms with E-state index in [-0.39, 0.29) is 0 Å². The molecule has 0 unspecified atom stereocenters. The number of aromatic nitrogens is 2. The van der Waals surface area contributed by atoms with E-state index in [2.05, 4.69) is 15.0 Å². The molecule has 0 amide bonds. The fourth-order valence-electron chi connectivity index (χ4n) is 1.72. The zero-order chi connectivity index (χ0) is 12.4. The lowest BCUT2D eigenvalue weighted by Gasteiger charge is -1.93. The summed E-state index contributed by atoms with van der Waals surface area (Å²) in [6.45, 7) is 0. The smallest absolute Gasteiger partial charge is 0.227 e. The molecule has 0 spiro atoms. The van der Waals surface area contributed by atoms with Crippen LogP contribution in [-0.2, 0) is 0 Å². The monoisotopic (exact) mass is 236 g/mol. The van der Waals surface area contributed by atoms with E-state index in [0.29, 0.717) is 5.95 Å². The van der Waals surface area contributed by atoms with Crippen molar-refractivity contribution in [3.63, 3.8) is 0 Å². The second-order valence-corrected chi connectivity index (χ2v) is 4.00. The number of imidazole rings is 1. The minimum atomic E-state index is 0.605. The van der Waals surface area contributed by atoms with Gasteiger partial charge in [0, 0.05) is 11.9 Å². The first-order chi connectivity index (χ1) is 8.81. The fraction of sp³-hybridized carbons (Fsp3) is 0. The Bertz CT molecular complexity index is 662. The summed E-state index contributed by atoms with van der Waals surface area (Å²) in [6, 6.07) is 15.4. The lowest BCUT2D eigenvalue weighted by Crippen LogP contribution is -1.85. The van der Waals surface area contributed by atoms with Crippen LogP contribution in [0, 0.1) is 0 Å². The standard InChI is InChI=1S/C14H12N4/c15-11-7-5-10(6-8-11)9-16-14-17-12-3-1-2-4-13(12)18-14/h1-9H,15H2,(H,17,18)/b16-9+. The molecule has 0 radical (unpaired) electrons. The van der Waals surface area contributed by atoms with Crippen molar-refractivity contribution in [2.75, 3.05) is 5.73 Å². The van der Waals surface area contributed by atoms with E-state index in [1.807, 2.05) is 48.5 Å². The summed E-state index contributed by atoms with van der Waals surface area (Å²) in [4.78, 5) is 11.8. The Morgan fingerprint density at radius 3 is 2.61 bits per heavy atom. The summed E-state index contributed by atoms with van der Waals surface area (Å²) in [5.74, 6) is 0.605. The van der Waals surface area contributed by atoms with Crippen molar-refractivity contribution in [2.24, 2.45) is 4.99 Å². The Morgan fingerprint density at radius 1 is 1.06 bits per heavy atom. The van der Waals surface area contributed by atoms with Gasteiger partial charge in [0.15, 0.2) is 0 Å². The number of nitrogen functional groups attached to an aromatic ring is 1. The third-order valence-corrected chi connectivity index (χ3v) is 2.65. The predicted octanol–water partition coefficient (Wildman–Crippen LogP) is 2.90. The Kier molecular flexibility index (Phi) is 2.53. The van der Waals surface area contributed by atoms with Crippen molar-refractivity contribution in [3.05, 3.63) is 54.1 Å². The zero-order valence-corrected chi connectivity index (χ0v) is 9.67. The van der Waals surface area contributed by atoms with Crippen molar-refractivity contribution in [2.45, 2.75) is 0 Å². The first-order valence-corrected chi connectivity index (χ1v) is 5.66. The minimum Gasteiger partial charge on any atom is -0.399 e. The van der Waals surface area contributed by atoms with Crippen molar-refractivity contribution < 1.29 is 0 Å². The number of para-hydroxylation sites is 2. The number of nitrogens with two attached hydrogens (primary N) is 1. The summed E-state index contributed by atoms with van der Waals surface area (Å²) in [7, 11) is 0. The van der Waals surface area contributed by atoms with Crippen LogP contribution in [0.5, 0.6) is 0 Å². The van der Waals surface area contributed by atoms with Crippen LogP contribution in [0.4, 0.5) is 11.6 Å². The van der Waals surface area contributed by atoms with Crippen LogP contribution in [-0.4, -0.2) is 16.2 Å². The molecule has 18 heavy (non-hydrogen) atoms. The van der Waals surface area contributed by atoms with E-state index in [1.54, 1.807) is 6.21 Å². The summed E-state index contributed by atoms with van der Waals surface area (Å²) in [6.07, 6.45) is 1.76. The number of anilines is 1. The van der Waals surface area contributed by atoms with E-state index >= 15 is 0 Å². The van der Waals surface area contributed by atoms with Gasteiger partial charge >= 0.3 is 0 Å². The molecule has 3 rings (SSSR count). The highest BCUT2D eigenvalue weighted by Gasteiger charge is 1.98. The average Bonchev–Trinajstić information content (AvgIpc) is 2.81. The number of H-pyrrole nitrogens is 1. The summed E-state index contributed by atoms with van der Waals surface area (Å²) >= 11 is 0. The van der Waals surface area contributed by atoms with Gasteiger partial charge in [0.1, 0.15) is 0 Å². The molecule has 0 fully saturated rings. The fourth-order valence-corrected chi connectivity index (χ4v) is 1.72. The van der Waals surface area contributed by atoms with Gasteiger partial charge in [-0.25, -0.2) is 9.98 Å². The number of hydrogen-bond donors (Lipinski definition) is 2. The number of fused-ring (bicyclic) bond motifs is 1. The van der Waals surface area contributed by atoms with Crippen LogP contribution in [0.3, 0.4) is 0 Å². The largest absolute Gasteiger partial charge is 0.399 e. The molecular formula is C14H12N4. The molecule has 1 heterocycles. The highest BCUT2D eigenvalue weighted by molar-refractivity contribution is 5.83. The molecular weight excluding hydrogens is 224 g/mol. The highest BCUT2D eigenvalue weighted by Crippen LogP contribution is 2.15. The molecule has 88 valence electrons. The van der Waals surface area contributed by atoms with Crippen LogP contribution in [0.1, 0.15) is 5.56 Å². The lowest BCUT2D eigenvalue weighted by molar-refractivity contribution is 1.27. The summed E-state index contributed by atoms with van der Waals surface area (Å²) in [5.41, 5.74) is 9.26. The number of aromatic amines is 1. The van der Waals surface area contributed by atoms with Gasteiger partial charge in [0.25, 0.3) is 0 Å². The Labute approximate surface area is 104 Å². The average molecular weight is 236 g/mol. The maximum absolute atomic E-state index is 5.62. The highest BCUT2D eigenvalue weighted by atomic mass is 15.1. The van der Waals surface area contributed by atoms with Gasteiger partial charge in [-0.15, -0.1) is 0 Å². The van der Waals surface area contributed by atoms with E-state index in [4.69, 9.17) is 5.73 Å². The van der Waals surface area contributed by atoms with Crippen LogP contribution in [0.25, 0.3) is 11.0 Å². The Hall–Kier alpha value is -2.62.